The van der Waals surface area contributed by atoms with E-state index in [1.165, 1.54) is 12.1 Å². The van der Waals surface area contributed by atoms with Gasteiger partial charge in [0.15, 0.2) is 0 Å². The van der Waals surface area contributed by atoms with Crippen LogP contribution in [0.3, 0.4) is 0 Å². The summed E-state index contributed by atoms with van der Waals surface area (Å²) in [4.78, 5) is 32.8. The van der Waals surface area contributed by atoms with Crippen molar-refractivity contribution in [1.82, 2.24) is 14.8 Å². The van der Waals surface area contributed by atoms with Gasteiger partial charge in [-0.1, -0.05) is 30.3 Å². The third-order valence-corrected chi connectivity index (χ3v) is 6.10. The zero-order valence-electron chi connectivity index (χ0n) is 18.7. The molecule has 1 saturated carbocycles. The van der Waals surface area contributed by atoms with Crippen LogP contribution in [-0.2, 0) is 22.6 Å². The molecule has 0 spiro atoms. The number of carbonyl (C=O) groups excluding carboxylic acids is 2. The first kappa shape index (κ1) is 22.1. The van der Waals surface area contributed by atoms with E-state index in [1.807, 2.05) is 38.2 Å². The number of aromatic nitrogens is 1. The topological polar surface area (TPSA) is 56.4 Å². The van der Waals surface area contributed by atoms with Crippen LogP contribution in [0, 0.1) is 11.7 Å². The molecule has 2 amide bonds. The summed E-state index contributed by atoms with van der Waals surface area (Å²) in [6.07, 6.45) is 4.50. The fraction of sp³-hybridized carbons (Fsp3) is 0.385. The highest BCUT2D eigenvalue weighted by Crippen LogP contribution is 2.31. The Bertz CT molecular complexity index is 1090. The molecule has 0 aliphatic heterocycles. The summed E-state index contributed by atoms with van der Waals surface area (Å²) in [6.45, 7) is 4.86. The van der Waals surface area contributed by atoms with E-state index in [-0.39, 0.29) is 36.1 Å². The van der Waals surface area contributed by atoms with Crippen LogP contribution in [0.15, 0.2) is 54.7 Å². The molecule has 1 aliphatic carbocycles. The lowest BCUT2D eigenvalue weighted by atomic mass is 10.1. The summed E-state index contributed by atoms with van der Waals surface area (Å²) in [6, 6.07) is 14.3. The molecule has 168 valence electrons. The molecule has 1 heterocycles. The first-order chi connectivity index (χ1) is 15.4. The van der Waals surface area contributed by atoms with Crippen molar-refractivity contribution in [2.24, 2.45) is 5.92 Å². The van der Waals surface area contributed by atoms with Crippen LogP contribution in [0.4, 0.5) is 4.39 Å². The predicted molar refractivity (Wildman–Crippen MR) is 123 cm³/mol. The van der Waals surface area contributed by atoms with Crippen LogP contribution in [-0.4, -0.2) is 45.7 Å². The minimum absolute atomic E-state index is 0.0339. The Morgan fingerprint density at radius 3 is 2.50 bits per heavy atom. The molecule has 0 saturated heterocycles. The molecule has 4 rings (SSSR count). The van der Waals surface area contributed by atoms with Gasteiger partial charge in [-0.2, -0.15) is 0 Å². The molecule has 0 atom stereocenters. The molecule has 5 nitrogen and oxygen atoms in total. The first-order valence-electron chi connectivity index (χ1n) is 11.3. The van der Waals surface area contributed by atoms with Gasteiger partial charge in [0.2, 0.25) is 11.8 Å². The van der Waals surface area contributed by atoms with Crippen LogP contribution in [0.25, 0.3) is 10.9 Å². The van der Waals surface area contributed by atoms with Crippen LogP contribution in [0.1, 0.15) is 37.8 Å². The van der Waals surface area contributed by atoms with Crippen molar-refractivity contribution in [1.29, 1.82) is 0 Å². The Morgan fingerprint density at radius 2 is 1.81 bits per heavy atom. The van der Waals surface area contributed by atoms with Crippen molar-refractivity contribution in [2.75, 3.05) is 13.1 Å². The molecule has 1 aromatic heterocycles. The summed E-state index contributed by atoms with van der Waals surface area (Å²) in [7, 11) is 0. The molecule has 0 unspecified atom stereocenters. The van der Waals surface area contributed by atoms with Gasteiger partial charge in [0.1, 0.15) is 5.82 Å². The predicted octanol–water partition coefficient (Wildman–Crippen LogP) is 4.53. The number of halogens is 1. The largest absolute Gasteiger partial charge is 0.361 e. The highest BCUT2D eigenvalue weighted by Gasteiger charge is 2.35. The van der Waals surface area contributed by atoms with Crippen molar-refractivity contribution in [3.63, 3.8) is 0 Å². The van der Waals surface area contributed by atoms with E-state index >= 15 is 0 Å². The van der Waals surface area contributed by atoms with E-state index in [2.05, 4.69) is 11.1 Å². The number of hydrogen-bond donors (Lipinski definition) is 1. The van der Waals surface area contributed by atoms with Crippen molar-refractivity contribution in [3.05, 3.63) is 71.7 Å². The SMILES string of the molecule is CC(C)N(CC(=O)N(CCc1c[nH]c2ccccc12)Cc1ccc(F)cc1)C(=O)C1CC1. The molecule has 1 N–H and O–H groups in total. The maximum absolute atomic E-state index is 13.4. The number of amides is 2. The zero-order valence-corrected chi connectivity index (χ0v) is 18.7. The number of nitrogens with one attached hydrogen (secondary N) is 1. The van der Waals surface area contributed by atoms with Crippen LogP contribution in [0.2, 0.25) is 0 Å². The van der Waals surface area contributed by atoms with Crippen molar-refractivity contribution < 1.29 is 14.0 Å². The number of hydrogen-bond acceptors (Lipinski definition) is 2. The average molecular weight is 436 g/mol. The van der Waals surface area contributed by atoms with Gasteiger partial charge in [0.25, 0.3) is 0 Å². The Hall–Kier alpha value is -3.15. The van der Waals surface area contributed by atoms with Gasteiger partial charge >= 0.3 is 0 Å². The standard InChI is InChI=1S/C26H30FN3O2/c1-18(2)30(26(32)20-9-10-20)17-25(31)29(16-19-7-11-22(27)12-8-19)14-13-21-15-28-24-6-4-3-5-23(21)24/h3-8,11-12,15,18,20,28H,9-10,13-14,16-17H2,1-2H3. The fourth-order valence-corrected chi connectivity index (χ4v) is 4.02. The van der Waals surface area contributed by atoms with Gasteiger partial charge in [-0.3, -0.25) is 9.59 Å². The van der Waals surface area contributed by atoms with Gasteiger partial charge < -0.3 is 14.8 Å². The molecule has 2 aromatic carbocycles. The van der Waals surface area contributed by atoms with Crippen molar-refractivity contribution in [3.8, 4) is 0 Å². The van der Waals surface area contributed by atoms with Gasteiger partial charge in [-0.15, -0.1) is 0 Å². The highest BCUT2D eigenvalue weighted by molar-refractivity contribution is 5.87. The molecular formula is C26H30FN3O2. The maximum Gasteiger partial charge on any atom is 0.242 e. The summed E-state index contributed by atoms with van der Waals surface area (Å²) in [5.74, 6) is -0.239. The Labute approximate surface area is 188 Å². The number of nitrogens with zero attached hydrogens (tertiary/aromatic N) is 2. The van der Waals surface area contributed by atoms with Crippen LogP contribution >= 0.6 is 0 Å². The lowest BCUT2D eigenvalue weighted by molar-refractivity contribution is -0.143. The van der Waals surface area contributed by atoms with Crippen molar-refractivity contribution >= 4 is 22.7 Å². The number of carbonyl (C=O) groups is 2. The van der Waals surface area contributed by atoms with Crippen molar-refractivity contribution in [2.45, 2.75) is 45.7 Å². The zero-order chi connectivity index (χ0) is 22.7. The lowest BCUT2D eigenvalue weighted by Crippen LogP contribution is -2.46. The van der Waals surface area contributed by atoms with E-state index in [1.54, 1.807) is 21.9 Å². The number of rotatable bonds is 9. The third kappa shape index (κ3) is 5.18. The second-order valence-corrected chi connectivity index (χ2v) is 8.89. The normalized spacial score (nSPS) is 13.5. The van der Waals surface area contributed by atoms with E-state index in [4.69, 9.17) is 0 Å². The molecular weight excluding hydrogens is 405 g/mol. The fourth-order valence-electron chi connectivity index (χ4n) is 4.02. The quantitative estimate of drug-likeness (QED) is 0.537. The molecule has 1 aliphatic rings. The van der Waals surface area contributed by atoms with E-state index in [9.17, 15) is 14.0 Å². The number of para-hydroxylation sites is 1. The lowest BCUT2D eigenvalue weighted by Gasteiger charge is -2.30. The van der Waals surface area contributed by atoms with E-state index in [0.29, 0.717) is 19.5 Å². The number of benzene rings is 2. The summed E-state index contributed by atoms with van der Waals surface area (Å²) in [5, 5.41) is 1.15. The molecule has 6 heteroatoms. The van der Waals surface area contributed by atoms with Crippen LogP contribution in [0.5, 0.6) is 0 Å². The number of fused-ring (bicyclic) bond motifs is 1. The van der Waals surface area contributed by atoms with E-state index < -0.39 is 0 Å². The van der Waals surface area contributed by atoms with Gasteiger partial charge in [0.05, 0.1) is 6.54 Å². The average Bonchev–Trinajstić information content (AvgIpc) is 3.56. The highest BCUT2D eigenvalue weighted by atomic mass is 19.1. The van der Waals surface area contributed by atoms with E-state index in [0.717, 1.165) is 34.9 Å². The molecule has 3 aromatic rings. The van der Waals surface area contributed by atoms with Gasteiger partial charge in [-0.05, 0) is 62.4 Å². The van der Waals surface area contributed by atoms with Gasteiger partial charge in [-0.25, -0.2) is 4.39 Å². The number of aromatic amines is 1. The summed E-state index contributed by atoms with van der Waals surface area (Å²) in [5.41, 5.74) is 3.08. The first-order valence-corrected chi connectivity index (χ1v) is 11.3. The summed E-state index contributed by atoms with van der Waals surface area (Å²) >= 11 is 0. The Morgan fingerprint density at radius 1 is 1.09 bits per heavy atom. The summed E-state index contributed by atoms with van der Waals surface area (Å²) < 4.78 is 13.4. The van der Waals surface area contributed by atoms with Crippen LogP contribution < -0.4 is 0 Å². The molecule has 32 heavy (non-hydrogen) atoms. The Kier molecular flexibility index (Phi) is 6.58. The molecule has 0 radical (unpaired) electrons. The second-order valence-electron chi connectivity index (χ2n) is 8.89. The number of H-pyrrole nitrogens is 1. The minimum Gasteiger partial charge on any atom is -0.361 e. The molecule has 1 fully saturated rings. The monoisotopic (exact) mass is 435 g/mol. The Balaban J connectivity index is 1.51. The minimum atomic E-state index is -0.300. The third-order valence-electron chi connectivity index (χ3n) is 6.10. The second kappa shape index (κ2) is 9.55. The molecule has 0 bridgehead atoms. The van der Waals surface area contributed by atoms with Gasteiger partial charge in [0, 0.05) is 42.1 Å². The smallest absolute Gasteiger partial charge is 0.242 e. The maximum atomic E-state index is 13.4.